The molecule has 0 saturated carbocycles. The van der Waals surface area contributed by atoms with Gasteiger partial charge < -0.3 is 14.5 Å². The minimum Gasteiger partial charge on any atom is -0.342 e. The third-order valence-electron chi connectivity index (χ3n) is 5.46. The molecule has 3 aromatic rings. The average molecular weight is 367 g/mol. The molecule has 0 aliphatic carbocycles. The fraction of sp³-hybridized carbons (Fsp3) is 0.450. The quantitative estimate of drug-likeness (QED) is 0.752. The maximum Gasteiger partial charge on any atom is 0.326 e. The zero-order chi connectivity index (χ0) is 18.8. The molecule has 1 atom stereocenters. The van der Waals surface area contributed by atoms with Crippen molar-refractivity contribution in [3.05, 3.63) is 53.0 Å². The Labute approximate surface area is 157 Å². The number of para-hydroxylation sites is 2. The first-order valence-corrected chi connectivity index (χ1v) is 9.63. The molecule has 2 aromatic heterocycles. The van der Waals surface area contributed by atoms with E-state index in [1.165, 1.54) is 0 Å². The predicted octanol–water partition coefficient (Wildman–Crippen LogP) is 2.34. The molecule has 1 aromatic carbocycles. The summed E-state index contributed by atoms with van der Waals surface area (Å²) in [5.74, 6) is 1.46. The summed E-state index contributed by atoms with van der Waals surface area (Å²) in [5, 5.41) is 0. The minimum absolute atomic E-state index is 0.103. The number of fused-ring (bicyclic) bond motifs is 1. The van der Waals surface area contributed by atoms with Crippen molar-refractivity contribution in [3.63, 3.8) is 0 Å². The number of carbonyl (C=O) groups excluding carboxylic acids is 1. The zero-order valence-electron chi connectivity index (χ0n) is 15.6. The number of aromatic amines is 1. The fourth-order valence-electron chi connectivity index (χ4n) is 4.06. The van der Waals surface area contributed by atoms with Crippen LogP contribution in [0.1, 0.15) is 37.9 Å². The number of amides is 1. The van der Waals surface area contributed by atoms with Gasteiger partial charge in [-0.2, -0.15) is 0 Å². The molecular formula is C20H25N5O2. The first-order chi connectivity index (χ1) is 13.2. The number of hydrogen-bond donors (Lipinski definition) is 1. The molecule has 1 aliphatic rings. The normalized spacial score (nSPS) is 17.5. The first kappa shape index (κ1) is 17.6. The Balaban J connectivity index is 1.43. The van der Waals surface area contributed by atoms with E-state index in [4.69, 9.17) is 0 Å². The van der Waals surface area contributed by atoms with Crippen LogP contribution >= 0.6 is 0 Å². The van der Waals surface area contributed by atoms with Crippen LogP contribution in [-0.2, 0) is 17.9 Å². The number of rotatable bonds is 5. The largest absolute Gasteiger partial charge is 0.342 e. The Morgan fingerprint density at radius 1 is 1.33 bits per heavy atom. The molecule has 4 rings (SSSR count). The van der Waals surface area contributed by atoms with Crippen LogP contribution in [0.4, 0.5) is 0 Å². The molecule has 1 amide bonds. The van der Waals surface area contributed by atoms with Gasteiger partial charge in [0.15, 0.2) is 0 Å². The second kappa shape index (κ2) is 7.42. The van der Waals surface area contributed by atoms with E-state index in [9.17, 15) is 9.59 Å². The maximum atomic E-state index is 12.8. The van der Waals surface area contributed by atoms with Crippen molar-refractivity contribution < 1.29 is 4.79 Å². The van der Waals surface area contributed by atoms with Gasteiger partial charge in [-0.3, -0.25) is 9.36 Å². The van der Waals surface area contributed by atoms with E-state index >= 15 is 0 Å². The van der Waals surface area contributed by atoms with E-state index in [-0.39, 0.29) is 17.5 Å². The van der Waals surface area contributed by atoms with E-state index < -0.39 is 0 Å². The van der Waals surface area contributed by atoms with Crippen LogP contribution in [0.2, 0.25) is 0 Å². The summed E-state index contributed by atoms with van der Waals surface area (Å²) in [6.45, 7) is 4.88. The molecule has 1 N–H and O–H groups in total. The molecule has 1 fully saturated rings. The Bertz CT molecular complexity index is 999. The summed E-state index contributed by atoms with van der Waals surface area (Å²) in [6.07, 6.45) is 6.21. The lowest BCUT2D eigenvalue weighted by Gasteiger charge is -2.32. The second-order valence-electron chi connectivity index (χ2n) is 7.10. The number of piperidine rings is 1. The van der Waals surface area contributed by atoms with Gasteiger partial charge in [0.25, 0.3) is 0 Å². The number of carbonyl (C=O) groups is 1. The lowest BCUT2D eigenvalue weighted by molar-refractivity contribution is -0.132. The maximum absolute atomic E-state index is 12.8. The molecule has 0 radical (unpaired) electrons. The van der Waals surface area contributed by atoms with Crippen LogP contribution in [-0.4, -0.2) is 43.0 Å². The van der Waals surface area contributed by atoms with E-state index in [2.05, 4.69) is 21.5 Å². The topological polar surface area (TPSA) is 75.9 Å². The summed E-state index contributed by atoms with van der Waals surface area (Å²) < 4.78 is 3.81. The van der Waals surface area contributed by atoms with Gasteiger partial charge >= 0.3 is 5.69 Å². The highest BCUT2D eigenvalue weighted by Crippen LogP contribution is 2.26. The van der Waals surface area contributed by atoms with Crippen molar-refractivity contribution in [1.82, 2.24) is 24.0 Å². The van der Waals surface area contributed by atoms with Crippen molar-refractivity contribution in [2.24, 2.45) is 0 Å². The molecular weight excluding hydrogens is 342 g/mol. The smallest absolute Gasteiger partial charge is 0.326 e. The van der Waals surface area contributed by atoms with Crippen LogP contribution in [0, 0.1) is 0 Å². The van der Waals surface area contributed by atoms with E-state index in [1.807, 2.05) is 41.6 Å². The summed E-state index contributed by atoms with van der Waals surface area (Å²) >= 11 is 0. The Morgan fingerprint density at radius 2 is 2.19 bits per heavy atom. The van der Waals surface area contributed by atoms with Crippen molar-refractivity contribution in [1.29, 1.82) is 0 Å². The van der Waals surface area contributed by atoms with Crippen LogP contribution in [0.25, 0.3) is 11.0 Å². The first-order valence-electron chi connectivity index (χ1n) is 9.63. The van der Waals surface area contributed by atoms with E-state index in [0.717, 1.165) is 42.8 Å². The van der Waals surface area contributed by atoms with Gasteiger partial charge in [-0.15, -0.1) is 0 Å². The zero-order valence-corrected chi connectivity index (χ0v) is 15.6. The Kier molecular flexibility index (Phi) is 4.83. The number of nitrogens with zero attached hydrogens (tertiary/aromatic N) is 4. The van der Waals surface area contributed by atoms with Crippen LogP contribution in [0.5, 0.6) is 0 Å². The minimum atomic E-state index is -0.162. The van der Waals surface area contributed by atoms with Crippen molar-refractivity contribution >= 4 is 16.9 Å². The van der Waals surface area contributed by atoms with Gasteiger partial charge in [0.1, 0.15) is 5.82 Å². The van der Waals surface area contributed by atoms with Gasteiger partial charge in [-0.25, -0.2) is 9.78 Å². The lowest BCUT2D eigenvalue weighted by atomic mass is 9.97. The summed E-state index contributed by atoms with van der Waals surface area (Å²) in [5.41, 5.74) is 1.49. The second-order valence-corrected chi connectivity index (χ2v) is 7.10. The van der Waals surface area contributed by atoms with Crippen molar-refractivity contribution in [2.45, 2.75) is 45.2 Å². The van der Waals surface area contributed by atoms with Crippen LogP contribution in [0.3, 0.4) is 0 Å². The molecule has 7 heteroatoms. The molecule has 1 saturated heterocycles. The van der Waals surface area contributed by atoms with Crippen molar-refractivity contribution in [3.8, 4) is 0 Å². The number of benzene rings is 1. The summed E-state index contributed by atoms with van der Waals surface area (Å²) in [6, 6.07) is 7.57. The molecule has 1 aliphatic heterocycles. The molecule has 0 spiro atoms. The van der Waals surface area contributed by atoms with Gasteiger partial charge in [0.05, 0.1) is 11.0 Å². The number of aromatic nitrogens is 4. The summed E-state index contributed by atoms with van der Waals surface area (Å²) in [4.78, 5) is 34.2. The predicted molar refractivity (Wildman–Crippen MR) is 104 cm³/mol. The third kappa shape index (κ3) is 3.41. The molecule has 3 heterocycles. The highest BCUT2D eigenvalue weighted by atomic mass is 16.2. The number of hydrogen-bond acceptors (Lipinski definition) is 3. The highest BCUT2D eigenvalue weighted by Gasteiger charge is 2.27. The standard InChI is InChI=1S/C20H25N5O2/c1-2-23-13-10-21-19(23)15-6-5-11-24(14-15)18(26)9-12-25-17-8-4-3-7-16(17)22-20(25)27/h3-4,7-8,10,13,15H,2,5-6,9,11-12,14H2,1H3,(H,22,27). The van der Waals surface area contributed by atoms with Crippen molar-refractivity contribution in [2.75, 3.05) is 13.1 Å². The number of H-pyrrole nitrogens is 1. The SMILES string of the molecule is CCn1ccnc1C1CCCN(C(=O)CCn2c(=O)[nH]c3ccccc32)C1. The third-order valence-corrected chi connectivity index (χ3v) is 5.46. The fourth-order valence-corrected chi connectivity index (χ4v) is 4.06. The lowest BCUT2D eigenvalue weighted by Crippen LogP contribution is -2.40. The number of aryl methyl sites for hydroxylation is 2. The number of nitrogens with one attached hydrogen (secondary N) is 1. The van der Waals surface area contributed by atoms with Crippen LogP contribution < -0.4 is 5.69 Å². The van der Waals surface area contributed by atoms with E-state index in [0.29, 0.717) is 19.5 Å². The number of imidazole rings is 2. The molecule has 27 heavy (non-hydrogen) atoms. The summed E-state index contributed by atoms with van der Waals surface area (Å²) in [7, 11) is 0. The molecule has 7 nitrogen and oxygen atoms in total. The van der Waals surface area contributed by atoms with E-state index in [1.54, 1.807) is 4.57 Å². The van der Waals surface area contributed by atoms with Gasteiger partial charge in [0.2, 0.25) is 5.91 Å². The Morgan fingerprint density at radius 3 is 3.04 bits per heavy atom. The average Bonchev–Trinajstić information content (AvgIpc) is 3.30. The van der Waals surface area contributed by atoms with Gasteiger partial charge in [0, 0.05) is 50.9 Å². The Hall–Kier alpha value is -2.83. The molecule has 1 unspecified atom stereocenters. The molecule has 0 bridgehead atoms. The van der Waals surface area contributed by atoms with Gasteiger partial charge in [-0.1, -0.05) is 12.1 Å². The number of likely N-dealkylation sites (tertiary alicyclic amines) is 1. The highest BCUT2D eigenvalue weighted by molar-refractivity contribution is 5.77. The molecule has 142 valence electrons. The monoisotopic (exact) mass is 367 g/mol. The van der Waals surface area contributed by atoms with Gasteiger partial charge in [-0.05, 0) is 31.9 Å². The van der Waals surface area contributed by atoms with Crippen LogP contribution in [0.15, 0.2) is 41.5 Å².